The van der Waals surface area contributed by atoms with Gasteiger partial charge in [0, 0.05) is 36.0 Å². The molecule has 2 N–H and O–H groups in total. The highest BCUT2D eigenvalue weighted by atomic mass is 35.5. The molecule has 31 heavy (non-hydrogen) atoms. The molecule has 1 aromatic rings. The van der Waals surface area contributed by atoms with Crippen LogP contribution in [-0.4, -0.2) is 41.5 Å². The second-order valence-corrected chi connectivity index (χ2v) is 10.8. The van der Waals surface area contributed by atoms with E-state index in [-0.39, 0.29) is 29.6 Å². The predicted octanol–water partition coefficient (Wildman–Crippen LogP) is 4.36. The second-order valence-electron chi connectivity index (χ2n) is 10.3. The number of piperidine rings is 1. The van der Waals surface area contributed by atoms with Crippen LogP contribution < -0.4 is 5.32 Å². The van der Waals surface area contributed by atoms with Crippen LogP contribution in [0.25, 0.3) is 0 Å². The molecule has 0 radical (unpaired) electrons. The van der Waals surface area contributed by atoms with Crippen LogP contribution >= 0.6 is 11.6 Å². The summed E-state index contributed by atoms with van der Waals surface area (Å²) in [4.78, 5) is 27.8. The lowest BCUT2D eigenvalue weighted by molar-refractivity contribution is -0.157. The number of carbonyl (C=O) groups excluding carboxylic acids is 2. The summed E-state index contributed by atoms with van der Waals surface area (Å²) in [5.74, 6) is 0.116. The largest absolute Gasteiger partial charge is 0.384 e. The molecule has 0 bridgehead atoms. The second kappa shape index (κ2) is 9.50. The summed E-state index contributed by atoms with van der Waals surface area (Å²) < 4.78 is 0. The van der Waals surface area contributed by atoms with Crippen molar-refractivity contribution >= 4 is 23.4 Å². The number of likely N-dealkylation sites (tertiary alicyclic amines) is 1. The molecule has 6 heteroatoms. The maximum Gasteiger partial charge on any atom is 0.227 e. The highest BCUT2D eigenvalue weighted by molar-refractivity contribution is 6.30. The molecule has 1 aliphatic carbocycles. The van der Waals surface area contributed by atoms with Gasteiger partial charge in [-0.25, -0.2) is 0 Å². The summed E-state index contributed by atoms with van der Waals surface area (Å²) >= 11 is 6.03. The average molecular weight is 449 g/mol. The van der Waals surface area contributed by atoms with Gasteiger partial charge in [-0.2, -0.15) is 0 Å². The van der Waals surface area contributed by atoms with Crippen LogP contribution in [0.5, 0.6) is 0 Å². The summed E-state index contributed by atoms with van der Waals surface area (Å²) in [7, 11) is 0. The van der Waals surface area contributed by atoms with Crippen molar-refractivity contribution in [3.8, 4) is 0 Å². The zero-order valence-corrected chi connectivity index (χ0v) is 20.0. The van der Waals surface area contributed by atoms with Crippen LogP contribution in [0.15, 0.2) is 24.3 Å². The van der Waals surface area contributed by atoms with Gasteiger partial charge in [0.05, 0.1) is 11.5 Å². The van der Waals surface area contributed by atoms with Gasteiger partial charge in [0.1, 0.15) is 0 Å². The standard InChI is InChI=1S/C25H37ClN2O3/c1-17(2)21(15-27-22(29)18-7-5-6-8-18)23(30)28-14-13-25(31,24(3,4)16-28)19-9-11-20(26)12-10-19/h9-12,17-18,21,31H,5-8,13-16H2,1-4H3,(H,27,29)/t21-,25-/m0/s1. The summed E-state index contributed by atoms with van der Waals surface area (Å²) in [6.45, 7) is 9.41. The highest BCUT2D eigenvalue weighted by Crippen LogP contribution is 2.46. The molecule has 172 valence electrons. The molecular weight excluding hydrogens is 412 g/mol. The molecule has 3 rings (SSSR count). The smallest absolute Gasteiger partial charge is 0.227 e. The molecule has 2 atom stereocenters. The summed E-state index contributed by atoms with van der Waals surface area (Å²) in [6, 6.07) is 7.34. The van der Waals surface area contributed by atoms with Gasteiger partial charge in [-0.3, -0.25) is 9.59 Å². The van der Waals surface area contributed by atoms with E-state index in [0.29, 0.717) is 31.1 Å². The Morgan fingerprint density at radius 2 is 1.81 bits per heavy atom. The van der Waals surface area contributed by atoms with Gasteiger partial charge in [-0.15, -0.1) is 0 Å². The Morgan fingerprint density at radius 3 is 2.35 bits per heavy atom. The van der Waals surface area contributed by atoms with Gasteiger partial charge >= 0.3 is 0 Å². The first-order valence-corrected chi connectivity index (χ1v) is 12.0. The van der Waals surface area contributed by atoms with E-state index >= 15 is 0 Å². The molecule has 1 saturated carbocycles. The maximum atomic E-state index is 13.4. The van der Waals surface area contributed by atoms with Crippen molar-refractivity contribution in [3.63, 3.8) is 0 Å². The zero-order valence-electron chi connectivity index (χ0n) is 19.3. The molecule has 0 unspecified atom stereocenters. The number of carbonyl (C=O) groups is 2. The fraction of sp³-hybridized carbons (Fsp3) is 0.680. The Balaban J connectivity index is 1.68. The van der Waals surface area contributed by atoms with E-state index in [2.05, 4.69) is 5.32 Å². The van der Waals surface area contributed by atoms with Gasteiger partial charge in [0.25, 0.3) is 0 Å². The Morgan fingerprint density at radius 1 is 1.19 bits per heavy atom. The van der Waals surface area contributed by atoms with Crippen LogP contribution in [0, 0.1) is 23.2 Å². The van der Waals surface area contributed by atoms with Crippen molar-refractivity contribution in [1.29, 1.82) is 0 Å². The molecule has 5 nitrogen and oxygen atoms in total. The molecule has 0 spiro atoms. The Bertz CT molecular complexity index is 786. The summed E-state index contributed by atoms with van der Waals surface area (Å²) in [5, 5.41) is 15.3. The van der Waals surface area contributed by atoms with Crippen molar-refractivity contribution < 1.29 is 14.7 Å². The van der Waals surface area contributed by atoms with Crippen LogP contribution in [-0.2, 0) is 15.2 Å². The van der Waals surface area contributed by atoms with Crippen molar-refractivity contribution in [2.45, 2.75) is 65.4 Å². The SMILES string of the molecule is CC(C)[C@H](CNC(=O)C1CCCC1)C(=O)N1CC[C@](O)(c2ccc(Cl)cc2)C(C)(C)C1. The van der Waals surface area contributed by atoms with E-state index in [1.807, 2.05) is 44.7 Å². The minimum absolute atomic E-state index is 0.0629. The van der Waals surface area contributed by atoms with Gasteiger partial charge in [0.15, 0.2) is 0 Å². The van der Waals surface area contributed by atoms with Crippen LogP contribution in [0.1, 0.15) is 65.4 Å². The van der Waals surface area contributed by atoms with E-state index in [4.69, 9.17) is 11.6 Å². The minimum atomic E-state index is -1.03. The first-order valence-electron chi connectivity index (χ1n) is 11.6. The third-order valence-electron chi connectivity index (χ3n) is 7.43. The summed E-state index contributed by atoms with van der Waals surface area (Å²) in [6.07, 6.45) is 4.60. The van der Waals surface area contributed by atoms with Crippen molar-refractivity contribution in [1.82, 2.24) is 10.2 Å². The molecule has 0 aromatic heterocycles. The van der Waals surface area contributed by atoms with Crippen LogP contribution in [0.2, 0.25) is 5.02 Å². The number of benzene rings is 1. The normalized spacial score (nSPS) is 24.9. The Kier molecular flexibility index (Phi) is 7.37. The van der Waals surface area contributed by atoms with E-state index in [1.54, 1.807) is 12.1 Å². The van der Waals surface area contributed by atoms with Crippen molar-refractivity contribution in [3.05, 3.63) is 34.9 Å². The van der Waals surface area contributed by atoms with Gasteiger partial charge in [0.2, 0.25) is 11.8 Å². The monoisotopic (exact) mass is 448 g/mol. The zero-order chi connectivity index (χ0) is 22.8. The molecule has 1 saturated heterocycles. The number of hydrogen-bond donors (Lipinski definition) is 2. The predicted molar refractivity (Wildman–Crippen MR) is 124 cm³/mol. The van der Waals surface area contributed by atoms with E-state index in [9.17, 15) is 14.7 Å². The number of nitrogens with zero attached hydrogens (tertiary/aromatic N) is 1. The maximum absolute atomic E-state index is 13.4. The third kappa shape index (κ3) is 5.09. The Hall–Kier alpha value is -1.59. The molecule has 1 aromatic carbocycles. The Labute approximate surface area is 191 Å². The molecule has 2 amide bonds. The molecule has 1 heterocycles. The van der Waals surface area contributed by atoms with E-state index in [0.717, 1.165) is 31.2 Å². The van der Waals surface area contributed by atoms with Gasteiger partial charge < -0.3 is 15.3 Å². The molecule has 1 aliphatic heterocycles. The lowest BCUT2D eigenvalue weighted by Gasteiger charge is -2.51. The number of hydrogen-bond acceptors (Lipinski definition) is 3. The first kappa shape index (κ1) is 24.1. The van der Waals surface area contributed by atoms with Crippen LogP contribution in [0.3, 0.4) is 0 Å². The number of amides is 2. The quantitative estimate of drug-likeness (QED) is 0.679. The van der Waals surface area contributed by atoms with Crippen molar-refractivity contribution in [2.75, 3.05) is 19.6 Å². The average Bonchev–Trinajstić information content (AvgIpc) is 3.25. The van der Waals surface area contributed by atoms with E-state index in [1.165, 1.54) is 0 Å². The van der Waals surface area contributed by atoms with Gasteiger partial charge in [-0.05, 0) is 42.9 Å². The topological polar surface area (TPSA) is 69.6 Å². The fourth-order valence-electron chi connectivity index (χ4n) is 5.16. The number of rotatable bonds is 6. The molecular formula is C25H37ClN2O3. The molecule has 2 aliphatic rings. The third-order valence-corrected chi connectivity index (χ3v) is 7.68. The van der Waals surface area contributed by atoms with Crippen LogP contribution in [0.4, 0.5) is 0 Å². The number of halogens is 1. The van der Waals surface area contributed by atoms with E-state index < -0.39 is 11.0 Å². The fourth-order valence-corrected chi connectivity index (χ4v) is 5.28. The minimum Gasteiger partial charge on any atom is -0.384 e. The summed E-state index contributed by atoms with van der Waals surface area (Å²) in [5.41, 5.74) is -0.722. The lowest BCUT2D eigenvalue weighted by atomic mass is 9.66. The first-order chi connectivity index (χ1) is 14.5. The lowest BCUT2D eigenvalue weighted by Crippen LogP contribution is -2.58. The van der Waals surface area contributed by atoms with Gasteiger partial charge in [-0.1, -0.05) is 64.3 Å². The number of aliphatic hydroxyl groups is 1. The van der Waals surface area contributed by atoms with Crippen molar-refractivity contribution in [2.24, 2.45) is 23.2 Å². The molecule has 2 fully saturated rings. The highest BCUT2D eigenvalue weighted by Gasteiger charge is 2.50. The number of nitrogens with one attached hydrogen (secondary N) is 1.